The smallest absolute Gasteiger partial charge is 0.238 e. The van der Waals surface area contributed by atoms with Crippen LogP contribution in [0.3, 0.4) is 0 Å². The molecule has 0 aliphatic rings. The van der Waals surface area contributed by atoms with E-state index in [1.54, 1.807) is 19.2 Å². The van der Waals surface area contributed by atoms with Crippen LogP contribution in [0, 0.1) is 0 Å². The van der Waals surface area contributed by atoms with Gasteiger partial charge in [-0.2, -0.15) is 0 Å². The predicted molar refractivity (Wildman–Crippen MR) is 104 cm³/mol. The van der Waals surface area contributed by atoms with E-state index in [1.807, 2.05) is 36.4 Å². The first-order chi connectivity index (χ1) is 12.4. The van der Waals surface area contributed by atoms with Crippen molar-refractivity contribution in [2.75, 3.05) is 7.11 Å². The fourth-order valence-electron chi connectivity index (χ4n) is 2.78. The van der Waals surface area contributed by atoms with E-state index < -0.39 is 10.0 Å². The van der Waals surface area contributed by atoms with Crippen molar-refractivity contribution in [1.82, 2.24) is 0 Å². The van der Waals surface area contributed by atoms with Crippen molar-refractivity contribution in [3.63, 3.8) is 0 Å². The van der Waals surface area contributed by atoms with E-state index in [1.165, 1.54) is 12.1 Å². The maximum Gasteiger partial charge on any atom is 0.238 e. The van der Waals surface area contributed by atoms with Crippen molar-refractivity contribution in [1.29, 1.82) is 0 Å². The van der Waals surface area contributed by atoms with Crippen molar-refractivity contribution >= 4 is 21.6 Å². The van der Waals surface area contributed by atoms with Crippen molar-refractivity contribution in [2.45, 2.75) is 11.3 Å². The summed E-state index contributed by atoms with van der Waals surface area (Å²) in [4.78, 5) is 0.107. The molecule has 0 aliphatic carbocycles. The molecule has 0 spiro atoms. The molecule has 0 aliphatic heterocycles. The summed E-state index contributed by atoms with van der Waals surface area (Å²) in [5, 5.41) is 5.80. The quantitative estimate of drug-likeness (QED) is 0.711. The van der Waals surface area contributed by atoms with Crippen molar-refractivity contribution < 1.29 is 13.2 Å². The molecular weight excluding hydrogens is 370 g/mol. The highest BCUT2D eigenvalue weighted by atomic mass is 35.5. The highest BCUT2D eigenvalue weighted by Crippen LogP contribution is 2.33. The fraction of sp³-hybridized carbons (Fsp3) is 0.100. The molecule has 0 atom stereocenters. The van der Waals surface area contributed by atoms with Gasteiger partial charge in [-0.1, -0.05) is 41.9 Å². The lowest BCUT2D eigenvalue weighted by Crippen LogP contribution is -2.11. The Morgan fingerprint density at radius 3 is 2.27 bits per heavy atom. The summed E-state index contributed by atoms with van der Waals surface area (Å²) in [6.07, 6.45) is 0.655. The Morgan fingerprint density at radius 1 is 0.962 bits per heavy atom. The second-order valence-corrected chi connectivity index (χ2v) is 7.91. The summed E-state index contributed by atoms with van der Waals surface area (Å²) in [6, 6.07) is 20.1. The third-order valence-electron chi connectivity index (χ3n) is 4.06. The fourth-order valence-corrected chi connectivity index (χ4v) is 3.49. The zero-order chi connectivity index (χ0) is 18.7. The Labute approximate surface area is 158 Å². The lowest BCUT2D eigenvalue weighted by atomic mass is 9.98. The lowest BCUT2D eigenvalue weighted by Gasteiger charge is -2.12. The molecular formula is C20H18ClNO3S. The number of halogens is 1. The molecule has 26 heavy (non-hydrogen) atoms. The molecule has 0 bridgehead atoms. The molecule has 3 rings (SSSR count). The first-order valence-electron chi connectivity index (χ1n) is 7.91. The Hall–Kier alpha value is -2.34. The van der Waals surface area contributed by atoms with Gasteiger partial charge in [0, 0.05) is 10.6 Å². The third-order valence-corrected chi connectivity index (χ3v) is 5.22. The molecule has 3 aromatic carbocycles. The summed E-state index contributed by atoms with van der Waals surface area (Å²) < 4.78 is 28.2. The largest absolute Gasteiger partial charge is 0.496 e. The summed E-state index contributed by atoms with van der Waals surface area (Å²) >= 11 is 6.11. The molecule has 0 amide bonds. The molecule has 2 N–H and O–H groups in total. The van der Waals surface area contributed by atoms with Crippen molar-refractivity contribution in [3.05, 3.63) is 82.9 Å². The van der Waals surface area contributed by atoms with E-state index >= 15 is 0 Å². The average molecular weight is 388 g/mol. The van der Waals surface area contributed by atoms with Gasteiger partial charge in [-0.3, -0.25) is 0 Å². The Balaban J connectivity index is 1.93. The van der Waals surface area contributed by atoms with Crippen LogP contribution in [0.25, 0.3) is 11.1 Å². The van der Waals surface area contributed by atoms with Gasteiger partial charge in [0.2, 0.25) is 10.0 Å². The molecule has 0 unspecified atom stereocenters. The number of benzene rings is 3. The Kier molecular flexibility index (Phi) is 5.32. The number of ether oxygens (including phenoxy) is 1. The summed E-state index contributed by atoms with van der Waals surface area (Å²) in [6.45, 7) is 0. The molecule has 6 heteroatoms. The number of rotatable bonds is 5. The molecule has 0 saturated carbocycles. The summed E-state index contributed by atoms with van der Waals surface area (Å²) in [5.74, 6) is 0.764. The predicted octanol–water partition coefficient (Wildman–Crippen LogP) is 4.25. The van der Waals surface area contributed by atoms with Gasteiger partial charge in [-0.15, -0.1) is 0 Å². The maximum atomic E-state index is 11.4. The normalized spacial score (nSPS) is 11.3. The van der Waals surface area contributed by atoms with Gasteiger partial charge in [0.15, 0.2) is 0 Å². The Morgan fingerprint density at radius 2 is 1.65 bits per heavy atom. The minimum Gasteiger partial charge on any atom is -0.496 e. The number of hydrogen-bond donors (Lipinski definition) is 1. The van der Waals surface area contributed by atoms with Gasteiger partial charge in [-0.25, -0.2) is 13.6 Å². The minimum absolute atomic E-state index is 0.107. The number of nitrogens with two attached hydrogens (primary N) is 1. The SMILES string of the molecule is COc1ccc(Cc2ccc(S(N)(=O)=O)cc2)cc1-c1cccc(Cl)c1. The molecule has 0 fully saturated rings. The minimum atomic E-state index is -3.68. The van der Waals surface area contributed by atoms with Crippen LogP contribution in [0.15, 0.2) is 71.6 Å². The first kappa shape index (κ1) is 18.5. The molecule has 0 saturated heterocycles. The van der Waals surface area contributed by atoms with E-state index in [0.717, 1.165) is 28.0 Å². The van der Waals surface area contributed by atoms with Gasteiger partial charge in [0.1, 0.15) is 5.75 Å². The zero-order valence-corrected chi connectivity index (χ0v) is 15.7. The van der Waals surface area contributed by atoms with Gasteiger partial charge >= 0.3 is 0 Å². The van der Waals surface area contributed by atoms with Gasteiger partial charge < -0.3 is 4.74 Å². The highest BCUT2D eigenvalue weighted by Gasteiger charge is 2.10. The van der Waals surface area contributed by atoms with Crippen LogP contribution in [-0.2, 0) is 16.4 Å². The van der Waals surface area contributed by atoms with Crippen LogP contribution in [0.1, 0.15) is 11.1 Å². The topological polar surface area (TPSA) is 69.4 Å². The van der Waals surface area contributed by atoms with Crippen molar-refractivity contribution in [2.24, 2.45) is 5.14 Å². The third kappa shape index (κ3) is 4.25. The van der Waals surface area contributed by atoms with E-state index in [0.29, 0.717) is 11.4 Å². The molecule has 4 nitrogen and oxygen atoms in total. The molecule has 0 radical (unpaired) electrons. The lowest BCUT2D eigenvalue weighted by molar-refractivity contribution is 0.416. The molecule has 0 heterocycles. The number of sulfonamides is 1. The van der Waals surface area contributed by atoms with Gasteiger partial charge in [-0.05, 0) is 59.5 Å². The standard InChI is InChI=1S/C20H18ClNO3S/c1-25-20-10-7-15(12-19(20)16-3-2-4-17(21)13-16)11-14-5-8-18(9-6-14)26(22,23)24/h2-10,12-13H,11H2,1H3,(H2,22,23,24). The van der Waals surface area contributed by atoms with Crippen LogP contribution in [0.5, 0.6) is 5.75 Å². The summed E-state index contributed by atoms with van der Waals surface area (Å²) in [7, 11) is -2.04. The first-order valence-corrected chi connectivity index (χ1v) is 9.84. The van der Waals surface area contributed by atoms with E-state index in [-0.39, 0.29) is 4.90 Å². The second kappa shape index (κ2) is 7.50. The second-order valence-electron chi connectivity index (χ2n) is 5.91. The average Bonchev–Trinajstić information content (AvgIpc) is 2.61. The van der Waals surface area contributed by atoms with Crippen LogP contribution in [-0.4, -0.2) is 15.5 Å². The highest BCUT2D eigenvalue weighted by molar-refractivity contribution is 7.89. The molecule has 0 aromatic heterocycles. The van der Waals surface area contributed by atoms with E-state index in [9.17, 15) is 8.42 Å². The monoisotopic (exact) mass is 387 g/mol. The number of hydrogen-bond acceptors (Lipinski definition) is 3. The van der Waals surface area contributed by atoms with Crippen LogP contribution >= 0.6 is 11.6 Å². The number of methoxy groups -OCH3 is 1. The summed E-state index contributed by atoms with van der Waals surface area (Å²) in [5.41, 5.74) is 3.98. The van der Waals surface area contributed by atoms with E-state index in [4.69, 9.17) is 21.5 Å². The van der Waals surface area contributed by atoms with Crippen LogP contribution in [0.4, 0.5) is 0 Å². The number of primary sulfonamides is 1. The molecule has 3 aromatic rings. The van der Waals surface area contributed by atoms with Crippen LogP contribution < -0.4 is 9.88 Å². The van der Waals surface area contributed by atoms with E-state index in [2.05, 4.69) is 6.07 Å². The van der Waals surface area contributed by atoms with Crippen LogP contribution in [0.2, 0.25) is 5.02 Å². The van der Waals surface area contributed by atoms with Gasteiger partial charge in [0.05, 0.1) is 12.0 Å². The molecule has 134 valence electrons. The zero-order valence-electron chi connectivity index (χ0n) is 14.1. The maximum absolute atomic E-state index is 11.4. The van der Waals surface area contributed by atoms with Crippen molar-refractivity contribution in [3.8, 4) is 16.9 Å². The Bertz CT molecular complexity index is 1030. The van der Waals surface area contributed by atoms with Gasteiger partial charge in [0.25, 0.3) is 0 Å².